The van der Waals surface area contributed by atoms with Crippen molar-refractivity contribution in [3.63, 3.8) is 0 Å². The van der Waals surface area contributed by atoms with E-state index in [2.05, 4.69) is 10.6 Å². The molecule has 2 aromatic carbocycles. The molecule has 0 saturated heterocycles. The van der Waals surface area contributed by atoms with E-state index in [1.54, 1.807) is 30.3 Å². The number of hydrogen-bond donors (Lipinski definition) is 2. The standard InChI is InChI=1S/C21H22N2O4/c1-3-16-10-7-11-18(12-16)23-20(25)14-27-21(26)19(22-15(2)24)13-17-8-5-4-6-9-17/h4-13H,3,14H2,1-2H3,(H,22,24)(H,23,25)/b19-13-. The first-order valence-corrected chi connectivity index (χ1v) is 8.58. The second-order valence-corrected chi connectivity index (χ2v) is 5.83. The van der Waals surface area contributed by atoms with Crippen molar-refractivity contribution in [2.75, 3.05) is 11.9 Å². The third-order valence-corrected chi connectivity index (χ3v) is 3.59. The average molecular weight is 366 g/mol. The maximum absolute atomic E-state index is 12.3. The van der Waals surface area contributed by atoms with Crippen molar-refractivity contribution in [2.24, 2.45) is 0 Å². The van der Waals surface area contributed by atoms with E-state index >= 15 is 0 Å². The monoisotopic (exact) mass is 366 g/mol. The molecule has 2 rings (SSSR count). The number of nitrogens with one attached hydrogen (secondary N) is 2. The lowest BCUT2D eigenvalue weighted by atomic mass is 10.1. The molecule has 0 fully saturated rings. The summed E-state index contributed by atoms with van der Waals surface area (Å²) in [5.74, 6) is -1.65. The number of rotatable bonds is 7. The molecule has 2 amide bonds. The van der Waals surface area contributed by atoms with Crippen LogP contribution < -0.4 is 10.6 Å². The van der Waals surface area contributed by atoms with Crippen molar-refractivity contribution in [3.05, 3.63) is 71.4 Å². The first kappa shape index (κ1) is 19.9. The summed E-state index contributed by atoms with van der Waals surface area (Å²) in [6, 6.07) is 16.4. The number of aryl methyl sites for hydroxylation is 1. The maximum atomic E-state index is 12.3. The second-order valence-electron chi connectivity index (χ2n) is 5.83. The Labute approximate surface area is 158 Å². The van der Waals surface area contributed by atoms with Crippen LogP contribution in [0.25, 0.3) is 6.08 Å². The normalized spacial score (nSPS) is 10.8. The maximum Gasteiger partial charge on any atom is 0.355 e. The predicted molar refractivity (Wildman–Crippen MR) is 104 cm³/mol. The van der Waals surface area contributed by atoms with Crippen LogP contribution in [0.3, 0.4) is 0 Å². The molecule has 6 nitrogen and oxygen atoms in total. The number of benzene rings is 2. The quantitative estimate of drug-likeness (QED) is 0.583. The Morgan fingerprint density at radius 2 is 1.78 bits per heavy atom. The van der Waals surface area contributed by atoms with Crippen LogP contribution in [0, 0.1) is 0 Å². The lowest BCUT2D eigenvalue weighted by molar-refractivity contribution is -0.144. The van der Waals surface area contributed by atoms with Gasteiger partial charge in [-0.2, -0.15) is 0 Å². The van der Waals surface area contributed by atoms with E-state index in [0.29, 0.717) is 5.69 Å². The molecule has 0 aliphatic heterocycles. The number of hydrogen-bond acceptors (Lipinski definition) is 4. The van der Waals surface area contributed by atoms with Crippen LogP contribution in [0.15, 0.2) is 60.3 Å². The van der Waals surface area contributed by atoms with Gasteiger partial charge in [0.1, 0.15) is 5.70 Å². The van der Waals surface area contributed by atoms with E-state index < -0.39 is 24.4 Å². The van der Waals surface area contributed by atoms with Gasteiger partial charge in [-0.25, -0.2) is 4.79 Å². The first-order valence-electron chi connectivity index (χ1n) is 8.58. The van der Waals surface area contributed by atoms with Crippen LogP contribution in [-0.4, -0.2) is 24.4 Å². The lowest BCUT2D eigenvalue weighted by Gasteiger charge is -2.10. The van der Waals surface area contributed by atoms with E-state index in [4.69, 9.17) is 4.74 Å². The summed E-state index contributed by atoms with van der Waals surface area (Å²) in [5, 5.41) is 5.11. The molecule has 6 heteroatoms. The zero-order chi connectivity index (χ0) is 19.6. The van der Waals surface area contributed by atoms with Crippen LogP contribution >= 0.6 is 0 Å². The fraction of sp³-hybridized carbons (Fsp3) is 0.190. The highest BCUT2D eigenvalue weighted by Gasteiger charge is 2.15. The van der Waals surface area contributed by atoms with Crippen LogP contribution in [-0.2, 0) is 25.5 Å². The number of carbonyl (C=O) groups excluding carboxylic acids is 3. The number of carbonyl (C=O) groups is 3. The minimum absolute atomic E-state index is 0.0329. The molecule has 0 atom stereocenters. The Hall–Kier alpha value is -3.41. The fourth-order valence-corrected chi connectivity index (χ4v) is 2.33. The van der Waals surface area contributed by atoms with Gasteiger partial charge in [0.15, 0.2) is 6.61 Å². The summed E-state index contributed by atoms with van der Waals surface area (Å²) >= 11 is 0. The van der Waals surface area contributed by atoms with E-state index in [-0.39, 0.29) is 5.70 Å². The number of esters is 1. The topological polar surface area (TPSA) is 84.5 Å². The Morgan fingerprint density at radius 3 is 2.44 bits per heavy atom. The summed E-state index contributed by atoms with van der Waals surface area (Å²) in [6.45, 7) is 2.85. The summed E-state index contributed by atoms with van der Waals surface area (Å²) < 4.78 is 5.03. The van der Waals surface area contributed by atoms with E-state index in [1.807, 2.05) is 31.2 Å². The summed E-state index contributed by atoms with van der Waals surface area (Å²) in [4.78, 5) is 35.6. The number of anilines is 1. The van der Waals surface area contributed by atoms with Crippen LogP contribution in [0.2, 0.25) is 0 Å². The molecule has 0 unspecified atom stereocenters. The first-order chi connectivity index (χ1) is 13.0. The largest absolute Gasteiger partial charge is 0.451 e. The lowest BCUT2D eigenvalue weighted by Crippen LogP contribution is -2.28. The van der Waals surface area contributed by atoms with Crippen molar-refractivity contribution in [2.45, 2.75) is 20.3 Å². The molecule has 0 spiro atoms. The molecule has 27 heavy (non-hydrogen) atoms. The van der Waals surface area contributed by atoms with E-state index in [9.17, 15) is 14.4 Å². The number of amides is 2. The molecule has 0 aliphatic carbocycles. The molecule has 140 valence electrons. The fourth-order valence-electron chi connectivity index (χ4n) is 2.33. The molecular formula is C21H22N2O4. The van der Waals surface area contributed by atoms with Gasteiger partial charge in [0.05, 0.1) is 0 Å². The SMILES string of the molecule is CCc1cccc(NC(=O)COC(=O)/C(=C/c2ccccc2)NC(C)=O)c1. The Kier molecular flexibility index (Phi) is 7.31. The average Bonchev–Trinajstić information content (AvgIpc) is 2.66. The van der Waals surface area contributed by atoms with Crippen molar-refractivity contribution >= 4 is 29.5 Å². The van der Waals surface area contributed by atoms with Crippen LogP contribution in [0.5, 0.6) is 0 Å². The molecule has 0 radical (unpaired) electrons. The highest BCUT2D eigenvalue weighted by atomic mass is 16.5. The molecule has 2 aromatic rings. The van der Waals surface area contributed by atoms with Gasteiger partial charge in [-0.05, 0) is 35.8 Å². The van der Waals surface area contributed by atoms with Crippen LogP contribution in [0.4, 0.5) is 5.69 Å². The van der Waals surface area contributed by atoms with Gasteiger partial charge < -0.3 is 15.4 Å². The van der Waals surface area contributed by atoms with Crippen molar-refractivity contribution in [1.82, 2.24) is 5.32 Å². The molecule has 0 bridgehead atoms. The van der Waals surface area contributed by atoms with Gasteiger partial charge in [-0.3, -0.25) is 9.59 Å². The summed E-state index contributed by atoms with van der Waals surface area (Å²) in [5.41, 5.74) is 2.41. The Balaban J connectivity index is 1.99. The summed E-state index contributed by atoms with van der Waals surface area (Å²) in [6.07, 6.45) is 2.34. The van der Waals surface area contributed by atoms with Gasteiger partial charge in [0.2, 0.25) is 5.91 Å². The number of ether oxygens (including phenoxy) is 1. The van der Waals surface area contributed by atoms with Gasteiger partial charge in [-0.15, -0.1) is 0 Å². The Morgan fingerprint density at radius 1 is 1.04 bits per heavy atom. The van der Waals surface area contributed by atoms with Crippen molar-refractivity contribution < 1.29 is 19.1 Å². The van der Waals surface area contributed by atoms with Gasteiger partial charge in [0, 0.05) is 12.6 Å². The third-order valence-electron chi connectivity index (χ3n) is 3.59. The Bertz CT molecular complexity index is 844. The molecule has 0 aromatic heterocycles. The van der Waals surface area contributed by atoms with Gasteiger partial charge in [0.25, 0.3) is 5.91 Å². The molecule has 0 heterocycles. The molecule has 0 saturated carbocycles. The van der Waals surface area contributed by atoms with E-state index in [1.165, 1.54) is 13.0 Å². The zero-order valence-electron chi connectivity index (χ0n) is 15.3. The highest BCUT2D eigenvalue weighted by molar-refractivity contribution is 5.99. The van der Waals surface area contributed by atoms with Crippen LogP contribution in [0.1, 0.15) is 25.0 Å². The predicted octanol–water partition coefficient (Wildman–Crippen LogP) is 2.91. The van der Waals surface area contributed by atoms with Gasteiger partial charge >= 0.3 is 5.97 Å². The van der Waals surface area contributed by atoms with E-state index in [0.717, 1.165) is 17.5 Å². The molecule has 0 aliphatic rings. The second kappa shape index (κ2) is 9.91. The minimum Gasteiger partial charge on any atom is -0.451 e. The zero-order valence-corrected chi connectivity index (χ0v) is 15.3. The third kappa shape index (κ3) is 6.78. The minimum atomic E-state index is -0.786. The highest BCUT2D eigenvalue weighted by Crippen LogP contribution is 2.11. The van der Waals surface area contributed by atoms with Crippen molar-refractivity contribution in [3.8, 4) is 0 Å². The summed E-state index contributed by atoms with van der Waals surface area (Å²) in [7, 11) is 0. The molecular weight excluding hydrogens is 344 g/mol. The smallest absolute Gasteiger partial charge is 0.355 e. The van der Waals surface area contributed by atoms with Gasteiger partial charge in [-0.1, -0.05) is 49.4 Å². The molecule has 2 N–H and O–H groups in total. The van der Waals surface area contributed by atoms with Crippen molar-refractivity contribution in [1.29, 1.82) is 0 Å².